The third-order valence-corrected chi connectivity index (χ3v) is 3.52. The molecule has 0 saturated carbocycles. The number of nitro benzene ring substituents is 1. The Bertz CT molecular complexity index is 527. The molecule has 1 heterocycles. The first-order valence-electron chi connectivity index (χ1n) is 3.36. The van der Waals surface area contributed by atoms with E-state index in [0.717, 1.165) is 11.7 Å². The van der Waals surface area contributed by atoms with Gasteiger partial charge in [-0.05, 0) is 31.9 Å². The van der Waals surface area contributed by atoms with Crippen LogP contribution in [0.2, 0.25) is 0 Å². The first kappa shape index (κ1) is 9.94. The maximum absolute atomic E-state index is 10.6. The lowest BCUT2D eigenvalue weighted by Crippen LogP contribution is -1.90. The van der Waals surface area contributed by atoms with E-state index in [1.165, 1.54) is 6.07 Å². The fourth-order valence-electron chi connectivity index (χ4n) is 0.995. The van der Waals surface area contributed by atoms with E-state index in [9.17, 15) is 10.1 Å². The van der Waals surface area contributed by atoms with Gasteiger partial charge < -0.3 is 0 Å². The highest BCUT2D eigenvalue weighted by atomic mass is 79.9. The van der Waals surface area contributed by atoms with Crippen LogP contribution in [0.4, 0.5) is 5.69 Å². The lowest BCUT2D eigenvalue weighted by atomic mass is 10.3. The van der Waals surface area contributed by atoms with Crippen molar-refractivity contribution in [3.05, 3.63) is 25.1 Å². The molecular formula is C6HBr2N3O2S. The van der Waals surface area contributed by atoms with Gasteiger partial charge in [-0.25, -0.2) is 0 Å². The van der Waals surface area contributed by atoms with Crippen LogP contribution in [0.1, 0.15) is 0 Å². The molecule has 14 heavy (non-hydrogen) atoms. The topological polar surface area (TPSA) is 68.9 Å². The second-order valence-electron chi connectivity index (χ2n) is 2.41. The van der Waals surface area contributed by atoms with E-state index >= 15 is 0 Å². The van der Waals surface area contributed by atoms with Gasteiger partial charge in [0, 0.05) is 6.07 Å². The lowest BCUT2D eigenvalue weighted by molar-refractivity contribution is -0.385. The molecular weight excluding hydrogens is 338 g/mol. The number of benzene rings is 1. The molecule has 2 rings (SSSR count). The molecule has 1 aromatic carbocycles. The standard InChI is InChI=1S/C6HBr2N3O2S/c7-2-1-3(11(12)13)4(8)6-5(2)9-14-10-6/h1H. The van der Waals surface area contributed by atoms with Gasteiger partial charge in [-0.2, -0.15) is 8.75 Å². The van der Waals surface area contributed by atoms with Crippen molar-refractivity contribution in [2.24, 2.45) is 0 Å². The summed E-state index contributed by atoms with van der Waals surface area (Å²) in [6.07, 6.45) is 0. The Kier molecular flexibility index (Phi) is 2.50. The van der Waals surface area contributed by atoms with Gasteiger partial charge in [0.05, 0.1) is 21.1 Å². The van der Waals surface area contributed by atoms with Crippen molar-refractivity contribution in [3.63, 3.8) is 0 Å². The van der Waals surface area contributed by atoms with Gasteiger partial charge in [-0.15, -0.1) is 0 Å². The van der Waals surface area contributed by atoms with E-state index in [1.54, 1.807) is 0 Å². The average molecular weight is 339 g/mol. The quantitative estimate of drug-likeness (QED) is 0.591. The zero-order valence-electron chi connectivity index (χ0n) is 6.40. The average Bonchev–Trinajstić information content (AvgIpc) is 2.59. The van der Waals surface area contributed by atoms with Crippen LogP contribution in [0.25, 0.3) is 11.0 Å². The Morgan fingerprint density at radius 1 is 1.36 bits per heavy atom. The Morgan fingerprint density at radius 3 is 2.64 bits per heavy atom. The maximum atomic E-state index is 10.6. The third kappa shape index (κ3) is 1.43. The second kappa shape index (κ2) is 3.52. The van der Waals surface area contributed by atoms with Gasteiger partial charge in [-0.1, -0.05) is 0 Å². The molecule has 0 aliphatic heterocycles. The molecule has 0 aliphatic rings. The molecule has 0 saturated heterocycles. The number of nitro groups is 1. The van der Waals surface area contributed by atoms with Crippen molar-refractivity contribution in [2.45, 2.75) is 0 Å². The van der Waals surface area contributed by atoms with Crippen molar-refractivity contribution < 1.29 is 4.92 Å². The van der Waals surface area contributed by atoms with Crippen LogP contribution in [0.3, 0.4) is 0 Å². The third-order valence-electron chi connectivity index (χ3n) is 1.61. The number of halogens is 2. The summed E-state index contributed by atoms with van der Waals surface area (Å²) in [5.74, 6) is 0. The number of hydrogen-bond donors (Lipinski definition) is 0. The van der Waals surface area contributed by atoms with Gasteiger partial charge in [0.25, 0.3) is 5.69 Å². The Balaban J connectivity index is 2.88. The van der Waals surface area contributed by atoms with E-state index in [-0.39, 0.29) is 5.69 Å². The van der Waals surface area contributed by atoms with Crippen LogP contribution in [0, 0.1) is 10.1 Å². The fourth-order valence-corrected chi connectivity index (χ4v) is 2.83. The van der Waals surface area contributed by atoms with Crippen LogP contribution in [0.5, 0.6) is 0 Å². The smallest absolute Gasteiger partial charge is 0.258 e. The molecule has 0 bridgehead atoms. The summed E-state index contributed by atoms with van der Waals surface area (Å²) in [5.41, 5.74) is 1.13. The van der Waals surface area contributed by atoms with Crippen LogP contribution < -0.4 is 0 Å². The summed E-state index contributed by atoms with van der Waals surface area (Å²) in [6.45, 7) is 0. The molecule has 0 fully saturated rings. The lowest BCUT2D eigenvalue weighted by Gasteiger charge is -1.97. The summed E-state index contributed by atoms with van der Waals surface area (Å²) in [6, 6.07) is 1.41. The first-order chi connectivity index (χ1) is 6.61. The van der Waals surface area contributed by atoms with Crippen LogP contribution in [-0.2, 0) is 0 Å². The molecule has 0 radical (unpaired) electrons. The van der Waals surface area contributed by atoms with Gasteiger partial charge >= 0.3 is 0 Å². The molecule has 72 valence electrons. The Labute approximate surface area is 98.9 Å². The number of aromatic nitrogens is 2. The van der Waals surface area contributed by atoms with Crippen LogP contribution in [0.15, 0.2) is 15.0 Å². The summed E-state index contributed by atoms with van der Waals surface area (Å²) in [7, 11) is 0. The first-order valence-corrected chi connectivity index (χ1v) is 5.67. The monoisotopic (exact) mass is 337 g/mol. The van der Waals surface area contributed by atoms with E-state index in [1.807, 2.05) is 0 Å². The van der Waals surface area contributed by atoms with Crippen molar-refractivity contribution in [1.82, 2.24) is 8.75 Å². The van der Waals surface area contributed by atoms with Gasteiger partial charge in [-0.3, -0.25) is 10.1 Å². The highest BCUT2D eigenvalue weighted by molar-refractivity contribution is 9.11. The molecule has 0 unspecified atom stereocenters. The summed E-state index contributed by atoms with van der Waals surface area (Å²) in [5, 5.41) is 10.6. The zero-order chi connectivity index (χ0) is 10.3. The number of fused-ring (bicyclic) bond motifs is 1. The van der Waals surface area contributed by atoms with E-state index in [4.69, 9.17) is 0 Å². The highest BCUT2D eigenvalue weighted by Gasteiger charge is 2.19. The Morgan fingerprint density at radius 2 is 2.00 bits per heavy atom. The van der Waals surface area contributed by atoms with Crippen molar-refractivity contribution >= 4 is 60.3 Å². The molecule has 5 nitrogen and oxygen atoms in total. The van der Waals surface area contributed by atoms with E-state index in [2.05, 4.69) is 40.6 Å². The minimum absolute atomic E-state index is 0.0166. The zero-order valence-corrected chi connectivity index (χ0v) is 10.4. The summed E-state index contributed by atoms with van der Waals surface area (Å²) >= 11 is 7.36. The minimum atomic E-state index is -0.465. The molecule has 1 aromatic heterocycles. The van der Waals surface area contributed by atoms with Crippen LogP contribution >= 0.6 is 43.6 Å². The molecule has 0 spiro atoms. The molecule has 2 aromatic rings. The highest BCUT2D eigenvalue weighted by Crippen LogP contribution is 2.36. The maximum Gasteiger partial charge on any atom is 0.287 e. The van der Waals surface area contributed by atoms with Crippen LogP contribution in [-0.4, -0.2) is 13.7 Å². The van der Waals surface area contributed by atoms with Crippen molar-refractivity contribution in [2.75, 3.05) is 0 Å². The van der Waals surface area contributed by atoms with Crippen molar-refractivity contribution in [1.29, 1.82) is 0 Å². The molecule has 0 atom stereocenters. The predicted molar refractivity (Wildman–Crippen MR) is 59.5 cm³/mol. The number of nitrogens with zero attached hydrogens (tertiary/aromatic N) is 3. The molecule has 0 amide bonds. The molecule has 0 N–H and O–H groups in total. The van der Waals surface area contributed by atoms with Crippen molar-refractivity contribution in [3.8, 4) is 0 Å². The minimum Gasteiger partial charge on any atom is -0.258 e. The Hall–Kier alpha value is -0.600. The second-order valence-corrected chi connectivity index (χ2v) is 4.59. The van der Waals surface area contributed by atoms with E-state index in [0.29, 0.717) is 20.0 Å². The fraction of sp³-hybridized carbons (Fsp3) is 0. The predicted octanol–water partition coefficient (Wildman–Crippen LogP) is 3.12. The summed E-state index contributed by atoms with van der Waals surface area (Å²) < 4.78 is 8.93. The van der Waals surface area contributed by atoms with E-state index < -0.39 is 4.92 Å². The largest absolute Gasteiger partial charge is 0.287 e. The molecule has 8 heteroatoms. The summed E-state index contributed by atoms with van der Waals surface area (Å²) in [4.78, 5) is 10.2. The number of hydrogen-bond acceptors (Lipinski definition) is 5. The van der Waals surface area contributed by atoms with Gasteiger partial charge in [0.2, 0.25) is 0 Å². The number of rotatable bonds is 1. The normalized spacial score (nSPS) is 10.7. The molecule has 0 aliphatic carbocycles. The van der Waals surface area contributed by atoms with Gasteiger partial charge in [0.15, 0.2) is 0 Å². The SMILES string of the molecule is O=[N+]([O-])c1cc(Br)c2nsnc2c1Br. The van der Waals surface area contributed by atoms with Gasteiger partial charge in [0.1, 0.15) is 15.5 Å².